The lowest BCUT2D eigenvalue weighted by molar-refractivity contribution is 0.102. The summed E-state index contributed by atoms with van der Waals surface area (Å²) in [5, 5.41) is 7.75. The van der Waals surface area contributed by atoms with Gasteiger partial charge < -0.3 is 5.32 Å². The molecule has 1 heterocycles. The van der Waals surface area contributed by atoms with Gasteiger partial charge in [0, 0.05) is 24.2 Å². The number of nitrogens with one attached hydrogen (secondary N) is 1. The maximum atomic E-state index is 13.1. The van der Waals surface area contributed by atoms with E-state index in [0.717, 1.165) is 49.0 Å². The normalized spacial score (nSPS) is 13.3. The highest BCUT2D eigenvalue weighted by atomic mass is 32.2. The number of amides is 1. The molecular formula is C25H30N4O3S. The molecule has 1 aliphatic rings. The maximum absolute atomic E-state index is 13.1. The second-order valence-corrected chi connectivity index (χ2v) is 10.1. The second kappa shape index (κ2) is 9.89. The van der Waals surface area contributed by atoms with Crippen molar-refractivity contribution in [1.82, 2.24) is 14.1 Å². The number of unbranched alkanes of at least 4 members (excludes halogenated alkanes) is 1. The second-order valence-electron chi connectivity index (χ2n) is 8.20. The monoisotopic (exact) mass is 466 g/mol. The van der Waals surface area contributed by atoms with Crippen LogP contribution in [0.3, 0.4) is 0 Å². The number of carbonyl (C=O) groups excluding carboxylic acids is 1. The van der Waals surface area contributed by atoms with Crippen LogP contribution < -0.4 is 5.32 Å². The minimum Gasteiger partial charge on any atom is -0.306 e. The molecule has 0 atom stereocenters. The lowest BCUT2D eigenvalue weighted by atomic mass is 10.2. The van der Waals surface area contributed by atoms with Crippen molar-refractivity contribution in [2.45, 2.75) is 50.8 Å². The van der Waals surface area contributed by atoms with Gasteiger partial charge >= 0.3 is 0 Å². The molecule has 33 heavy (non-hydrogen) atoms. The third kappa shape index (κ3) is 4.72. The summed E-state index contributed by atoms with van der Waals surface area (Å²) in [6.45, 7) is 4.78. The summed E-state index contributed by atoms with van der Waals surface area (Å²) in [7, 11) is -3.58. The molecule has 0 bridgehead atoms. The van der Waals surface area contributed by atoms with Gasteiger partial charge in [0.25, 0.3) is 5.91 Å². The molecule has 1 amide bonds. The summed E-state index contributed by atoms with van der Waals surface area (Å²) in [4.78, 5) is 13.3. The predicted molar refractivity (Wildman–Crippen MR) is 129 cm³/mol. The van der Waals surface area contributed by atoms with E-state index in [1.807, 2.05) is 44.2 Å². The van der Waals surface area contributed by atoms with Crippen LogP contribution >= 0.6 is 0 Å². The van der Waals surface area contributed by atoms with Gasteiger partial charge in [-0.1, -0.05) is 38.5 Å². The molecule has 0 aliphatic heterocycles. The van der Waals surface area contributed by atoms with E-state index in [2.05, 4.69) is 5.32 Å². The van der Waals surface area contributed by atoms with Crippen molar-refractivity contribution < 1.29 is 13.2 Å². The molecule has 3 aromatic rings. The molecule has 0 fully saturated rings. The molecule has 1 N–H and O–H groups in total. The van der Waals surface area contributed by atoms with Crippen molar-refractivity contribution in [3.8, 4) is 5.69 Å². The van der Waals surface area contributed by atoms with Crippen LogP contribution in [-0.4, -0.2) is 41.5 Å². The molecule has 0 saturated heterocycles. The third-order valence-electron chi connectivity index (χ3n) is 6.01. The van der Waals surface area contributed by atoms with Crippen LogP contribution in [0.15, 0.2) is 59.5 Å². The number of fused-ring (bicyclic) bond motifs is 1. The highest BCUT2D eigenvalue weighted by Crippen LogP contribution is 2.31. The number of anilines is 1. The Kier molecular flexibility index (Phi) is 6.95. The van der Waals surface area contributed by atoms with Crippen molar-refractivity contribution >= 4 is 21.7 Å². The molecule has 0 unspecified atom stereocenters. The first kappa shape index (κ1) is 23.2. The summed E-state index contributed by atoms with van der Waals surface area (Å²) in [6, 6.07) is 15.9. The average molecular weight is 467 g/mol. The first-order valence-electron chi connectivity index (χ1n) is 11.5. The van der Waals surface area contributed by atoms with E-state index in [1.54, 1.807) is 16.8 Å². The summed E-state index contributed by atoms with van der Waals surface area (Å²) in [5.74, 6) is 0.399. The molecule has 1 aromatic heterocycles. The number of nitrogens with zero attached hydrogens (tertiary/aromatic N) is 3. The van der Waals surface area contributed by atoms with Crippen molar-refractivity contribution in [3.05, 3.63) is 71.4 Å². The summed E-state index contributed by atoms with van der Waals surface area (Å²) in [6.07, 6.45) is 4.53. The fourth-order valence-electron chi connectivity index (χ4n) is 4.17. The Morgan fingerprint density at radius 2 is 1.79 bits per heavy atom. The quantitative estimate of drug-likeness (QED) is 0.506. The zero-order valence-electron chi connectivity index (χ0n) is 19.1. The molecule has 0 radical (unpaired) electrons. The fraction of sp³-hybridized carbons (Fsp3) is 0.360. The number of para-hydroxylation sites is 1. The zero-order chi connectivity index (χ0) is 23.4. The van der Waals surface area contributed by atoms with Gasteiger partial charge in [-0.05, 0) is 62.1 Å². The van der Waals surface area contributed by atoms with Crippen molar-refractivity contribution in [1.29, 1.82) is 0 Å². The van der Waals surface area contributed by atoms with E-state index in [4.69, 9.17) is 5.10 Å². The van der Waals surface area contributed by atoms with E-state index in [9.17, 15) is 13.2 Å². The zero-order valence-corrected chi connectivity index (χ0v) is 19.9. The number of aryl methyl sites for hydroxylation is 1. The smallest absolute Gasteiger partial charge is 0.256 e. The molecule has 2 aromatic carbocycles. The molecule has 0 spiro atoms. The van der Waals surface area contributed by atoms with E-state index in [-0.39, 0.29) is 10.8 Å². The van der Waals surface area contributed by atoms with Crippen LogP contribution in [0.25, 0.3) is 5.69 Å². The number of hydrogen-bond donors (Lipinski definition) is 1. The van der Waals surface area contributed by atoms with E-state index in [0.29, 0.717) is 24.5 Å². The lowest BCUT2D eigenvalue weighted by Crippen LogP contribution is -2.31. The van der Waals surface area contributed by atoms with Crippen LogP contribution in [0.4, 0.5) is 5.82 Å². The number of carbonyl (C=O) groups is 1. The Labute approximate surface area is 195 Å². The molecule has 8 heteroatoms. The van der Waals surface area contributed by atoms with Crippen molar-refractivity contribution in [2.75, 3.05) is 18.4 Å². The summed E-state index contributed by atoms with van der Waals surface area (Å²) in [5.41, 5.74) is 3.37. The standard InChI is InChI=1S/C25H30N4O3S/c1-3-5-18-28(4-2)33(31,32)21-16-14-19(15-17-21)25(30)26-24-22-12-9-13-23(22)27-29(24)20-10-7-6-8-11-20/h6-8,10-11,14-17H,3-5,9,12-13,18H2,1-2H3,(H,26,30). The summed E-state index contributed by atoms with van der Waals surface area (Å²) >= 11 is 0. The van der Waals surface area contributed by atoms with Gasteiger partial charge in [0.05, 0.1) is 16.3 Å². The van der Waals surface area contributed by atoms with Gasteiger partial charge in [0.15, 0.2) is 0 Å². The van der Waals surface area contributed by atoms with E-state index in [1.165, 1.54) is 16.4 Å². The SMILES string of the molecule is CCCCN(CC)S(=O)(=O)c1ccc(C(=O)Nc2c3c(nn2-c2ccccc2)CCC3)cc1. The first-order valence-corrected chi connectivity index (χ1v) is 13.0. The Balaban J connectivity index is 1.57. The van der Waals surface area contributed by atoms with Gasteiger partial charge in [-0.2, -0.15) is 9.40 Å². The first-order chi connectivity index (χ1) is 16.0. The van der Waals surface area contributed by atoms with E-state index >= 15 is 0 Å². The molecule has 174 valence electrons. The number of aromatic nitrogens is 2. The number of sulfonamides is 1. The minimum absolute atomic E-state index is 0.201. The highest BCUT2D eigenvalue weighted by molar-refractivity contribution is 7.89. The number of rotatable bonds is 9. The van der Waals surface area contributed by atoms with Gasteiger partial charge in [0.2, 0.25) is 10.0 Å². The Morgan fingerprint density at radius 1 is 1.06 bits per heavy atom. The van der Waals surface area contributed by atoms with Crippen LogP contribution in [0.5, 0.6) is 0 Å². The van der Waals surface area contributed by atoms with Crippen LogP contribution in [0.2, 0.25) is 0 Å². The largest absolute Gasteiger partial charge is 0.306 e. The van der Waals surface area contributed by atoms with Crippen molar-refractivity contribution in [2.24, 2.45) is 0 Å². The number of hydrogen-bond acceptors (Lipinski definition) is 4. The van der Waals surface area contributed by atoms with Crippen LogP contribution in [0.1, 0.15) is 54.7 Å². The maximum Gasteiger partial charge on any atom is 0.256 e. The average Bonchev–Trinajstić information content (AvgIpc) is 3.43. The molecule has 4 rings (SSSR count). The molecule has 1 aliphatic carbocycles. The minimum atomic E-state index is -3.58. The fourth-order valence-corrected chi connectivity index (χ4v) is 5.65. The molecule has 7 nitrogen and oxygen atoms in total. The third-order valence-corrected chi connectivity index (χ3v) is 8.00. The summed E-state index contributed by atoms with van der Waals surface area (Å²) < 4.78 is 29.2. The van der Waals surface area contributed by atoms with Gasteiger partial charge in [-0.25, -0.2) is 13.1 Å². The Hall–Kier alpha value is -2.97. The topological polar surface area (TPSA) is 84.3 Å². The number of benzene rings is 2. The Bertz CT molecular complexity index is 1220. The van der Waals surface area contributed by atoms with Crippen molar-refractivity contribution in [3.63, 3.8) is 0 Å². The van der Waals surface area contributed by atoms with Gasteiger partial charge in [-0.3, -0.25) is 4.79 Å². The Morgan fingerprint density at radius 3 is 2.45 bits per heavy atom. The van der Waals surface area contributed by atoms with Crippen LogP contribution in [0, 0.1) is 0 Å². The van der Waals surface area contributed by atoms with E-state index < -0.39 is 10.0 Å². The van der Waals surface area contributed by atoms with Gasteiger partial charge in [-0.15, -0.1) is 0 Å². The molecular weight excluding hydrogens is 436 g/mol. The molecule has 0 saturated carbocycles. The lowest BCUT2D eigenvalue weighted by Gasteiger charge is -2.20. The van der Waals surface area contributed by atoms with Crippen LogP contribution in [-0.2, 0) is 22.9 Å². The van der Waals surface area contributed by atoms with Gasteiger partial charge in [0.1, 0.15) is 5.82 Å². The predicted octanol–water partition coefficient (Wildman–Crippen LogP) is 4.42. The highest BCUT2D eigenvalue weighted by Gasteiger charge is 2.26.